The summed E-state index contributed by atoms with van der Waals surface area (Å²) in [6.45, 7) is 1.42. The van der Waals surface area contributed by atoms with E-state index in [-0.39, 0.29) is 13.0 Å². The van der Waals surface area contributed by atoms with Crippen LogP contribution < -0.4 is 0 Å². The predicted molar refractivity (Wildman–Crippen MR) is 88.8 cm³/mol. The van der Waals surface area contributed by atoms with Crippen molar-refractivity contribution < 1.29 is 39.2 Å². The van der Waals surface area contributed by atoms with Crippen LogP contribution in [0.15, 0.2) is 0 Å². The van der Waals surface area contributed by atoms with E-state index < -0.39 is 43.1 Å². The van der Waals surface area contributed by atoms with Gasteiger partial charge in [0.25, 0.3) is 0 Å². The molecule has 2 atom stereocenters. The maximum absolute atomic E-state index is 11.5. The van der Waals surface area contributed by atoms with E-state index in [4.69, 9.17) is 14.9 Å². The maximum Gasteiger partial charge on any atom is 0.333 e. The number of rotatable bonds is 15. The van der Waals surface area contributed by atoms with Crippen LogP contribution in [0.25, 0.3) is 0 Å². The molecule has 0 aliphatic carbocycles. The average Bonchev–Trinajstić information content (AvgIpc) is 2.57. The second-order valence-electron chi connectivity index (χ2n) is 5.95. The largest absolute Gasteiger partial charge is 0.479 e. The van der Waals surface area contributed by atoms with Crippen molar-refractivity contribution in [3.05, 3.63) is 0 Å². The average molecular weight is 362 g/mol. The van der Waals surface area contributed by atoms with Gasteiger partial charge in [-0.2, -0.15) is 0 Å². The quantitative estimate of drug-likeness (QED) is 0.294. The molecule has 3 N–H and O–H groups in total. The molecule has 0 aromatic rings. The second kappa shape index (κ2) is 14.7. The predicted octanol–water partition coefficient (Wildman–Crippen LogP) is 1.41. The van der Waals surface area contributed by atoms with Crippen molar-refractivity contribution in [3.8, 4) is 0 Å². The van der Waals surface area contributed by atoms with E-state index in [0.717, 1.165) is 19.3 Å². The monoisotopic (exact) mass is 362 g/mol. The number of aliphatic carboxylic acids is 1. The van der Waals surface area contributed by atoms with E-state index >= 15 is 0 Å². The highest BCUT2D eigenvalue weighted by Gasteiger charge is 2.19. The molecule has 0 aromatic carbocycles. The Kier molecular flexibility index (Phi) is 13.7. The lowest BCUT2D eigenvalue weighted by atomic mass is 10.1. The first-order chi connectivity index (χ1) is 11.9. The molecule has 0 saturated carbocycles. The van der Waals surface area contributed by atoms with Gasteiger partial charge in [-0.25, -0.2) is 4.79 Å². The Morgan fingerprint density at radius 2 is 1.36 bits per heavy atom. The molecule has 0 spiro atoms. The lowest BCUT2D eigenvalue weighted by Crippen LogP contribution is -2.28. The molecule has 0 aliphatic rings. The number of unbranched alkanes of at least 4 members (excludes halogenated alkanes) is 6. The highest BCUT2D eigenvalue weighted by atomic mass is 16.6. The van der Waals surface area contributed by atoms with Gasteiger partial charge in [0.15, 0.2) is 6.10 Å². The summed E-state index contributed by atoms with van der Waals surface area (Å²) in [6, 6.07) is 0. The summed E-state index contributed by atoms with van der Waals surface area (Å²) in [5.41, 5.74) is 0. The van der Waals surface area contributed by atoms with E-state index in [1.165, 1.54) is 25.7 Å². The smallest absolute Gasteiger partial charge is 0.333 e. The Morgan fingerprint density at radius 3 is 1.92 bits per heavy atom. The highest BCUT2D eigenvalue weighted by Crippen LogP contribution is 2.09. The van der Waals surface area contributed by atoms with Gasteiger partial charge in [0.1, 0.15) is 19.3 Å². The molecule has 0 radical (unpaired) electrons. The van der Waals surface area contributed by atoms with Crippen LogP contribution in [0.5, 0.6) is 0 Å². The van der Waals surface area contributed by atoms with Crippen LogP contribution >= 0.6 is 0 Å². The topological polar surface area (TPSA) is 130 Å². The molecule has 0 rings (SSSR count). The molecule has 8 heteroatoms. The molecular weight excluding hydrogens is 332 g/mol. The number of carboxylic acids is 1. The summed E-state index contributed by atoms with van der Waals surface area (Å²) in [5, 5.41) is 26.9. The number of carbonyl (C=O) groups excluding carboxylic acids is 2. The summed E-state index contributed by atoms with van der Waals surface area (Å²) < 4.78 is 9.48. The van der Waals surface area contributed by atoms with Crippen LogP contribution in [0.4, 0.5) is 0 Å². The van der Waals surface area contributed by atoms with Gasteiger partial charge in [-0.3, -0.25) is 9.59 Å². The Hall–Kier alpha value is -1.67. The van der Waals surface area contributed by atoms with Gasteiger partial charge in [-0.15, -0.1) is 0 Å². The van der Waals surface area contributed by atoms with Crippen molar-refractivity contribution in [1.29, 1.82) is 0 Å². The number of carboxylic acid groups (broad SMARTS) is 1. The zero-order chi connectivity index (χ0) is 19.1. The number of esters is 2. The lowest BCUT2D eigenvalue weighted by molar-refractivity contribution is -0.159. The first-order valence-corrected chi connectivity index (χ1v) is 8.77. The van der Waals surface area contributed by atoms with E-state index in [2.05, 4.69) is 11.7 Å². The lowest BCUT2D eigenvalue weighted by Gasteiger charge is -2.12. The van der Waals surface area contributed by atoms with Crippen molar-refractivity contribution in [3.63, 3.8) is 0 Å². The van der Waals surface area contributed by atoms with Crippen molar-refractivity contribution in [2.75, 3.05) is 13.2 Å². The van der Waals surface area contributed by atoms with Gasteiger partial charge >= 0.3 is 17.9 Å². The third kappa shape index (κ3) is 14.4. The number of carbonyl (C=O) groups is 3. The van der Waals surface area contributed by atoms with Gasteiger partial charge < -0.3 is 24.8 Å². The SMILES string of the molecule is CCCCCCCCCC(=O)OCC(O)COC(=O)C[C@@H](O)C(=O)O. The zero-order valence-corrected chi connectivity index (χ0v) is 14.8. The van der Waals surface area contributed by atoms with Crippen molar-refractivity contribution >= 4 is 17.9 Å². The number of hydrogen-bond acceptors (Lipinski definition) is 7. The fourth-order valence-electron chi connectivity index (χ4n) is 2.03. The van der Waals surface area contributed by atoms with E-state index in [0.29, 0.717) is 0 Å². The number of ether oxygens (including phenoxy) is 2. The van der Waals surface area contributed by atoms with Gasteiger partial charge in [-0.05, 0) is 6.42 Å². The molecule has 0 aliphatic heterocycles. The van der Waals surface area contributed by atoms with Crippen LogP contribution in [0, 0.1) is 0 Å². The van der Waals surface area contributed by atoms with Crippen LogP contribution in [-0.4, -0.2) is 58.6 Å². The van der Waals surface area contributed by atoms with Crippen molar-refractivity contribution in [1.82, 2.24) is 0 Å². The summed E-state index contributed by atoms with van der Waals surface area (Å²) in [5.74, 6) is -2.90. The minimum absolute atomic E-state index is 0.283. The molecule has 0 aromatic heterocycles. The third-order valence-electron chi connectivity index (χ3n) is 3.50. The molecule has 0 saturated heterocycles. The molecule has 0 fully saturated rings. The molecule has 8 nitrogen and oxygen atoms in total. The summed E-state index contributed by atoms with van der Waals surface area (Å²) >= 11 is 0. The van der Waals surface area contributed by atoms with Crippen molar-refractivity contribution in [2.45, 2.75) is 76.9 Å². The number of aliphatic hydroxyl groups is 2. The minimum atomic E-state index is -1.84. The fourth-order valence-corrected chi connectivity index (χ4v) is 2.03. The van der Waals surface area contributed by atoms with Gasteiger partial charge in [0, 0.05) is 6.42 Å². The maximum atomic E-state index is 11.5. The number of aliphatic hydroxyl groups excluding tert-OH is 2. The van der Waals surface area contributed by atoms with E-state index in [1.54, 1.807) is 0 Å². The molecule has 0 heterocycles. The van der Waals surface area contributed by atoms with Gasteiger partial charge in [0.05, 0.1) is 6.42 Å². The molecule has 0 bridgehead atoms. The highest BCUT2D eigenvalue weighted by molar-refractivity contribution is 5.80. The first kappa shape index (κ1) is 23.3. The first-order valence-electron chi connectivity index (χ1n) is 8.77. The van der Waals surface area contributed by atoms with Gasteiger partial charge in [0.2, 0.25) is 0 Å². The zero-order valence-electron chi connectivity index (χ0n) is 14.8. The van der Waals surface area contributed by atoms with E-state index in [9.17, 15) is 19.5 Å². The normalized spacial score (nSPS) is 13.1. The third-order valence-corrected chi connectivity index (χ3v) is 3.50. The second-order valence-corrected chi connectivity index (χ2v) is 5.95. The van der Waals surface area contributed by atoms with E-state index in [1.807, 2.05) is 0 Å². The summed E-state index contributed by atoms with van der Waals surface area (Å²) in [7, 11) is 0. The summed E-state index contributed by atoms with van der Waals surface area (Å²) in [4.78, 5) is 33.1. The van der Waals surface area contributed by atoms with Gasteiger partial charge in [-0.1, -0.05) is 45.4 Å². The number of hydrogen-bond donors (Lipinski definition) is 3. The summed E-state index contributed by atoms with van der Waals surface area (Å²) in [6.07, 6.45) is 4.16. The fraction of sp³-hybridized carbons (Fsp3) is 0.824. The molecular formula is C17H30O8. The Balaban J connectivity index is 3.63. The molecule has 146 valence electrons. The Labute approximate surface area is 148 Å². The Bertz CT molecular complexity index is 396. The molecule has 0 amide bonds. The van der Waals surface area contributed by atoms with Crippen molar-refractivity contribution in [2.24, 2.45) is 0 Å². The Morgan fingerprint density at radius 1 is 0.840 bits per heavy atom. The van der Waals surface area contributed by atoms with Crippen LogP contribution in [0.3, 0.4) is 0 Å². The minimum Gasteiger partial charge on any atom is -0.479 e. The molecule has 1 unspecified atom stereocenters. The van der Waals surface area contributed by atoms with Crippen LogP contribution in [0.2, 0.25) is 0 Å². The molecule has 25 heavy (non-hydrogen) atoms. The van der Waals surface area contributed by atoms with Crippen LogP contribution in [-0.2, 0) is 23.9 Å². The standard InChI is InChI=1S/C17H30O8/c1-2-3-4-5-6-7-8-9-15(20)24-11-13(18)12-25-16(21)10-14(19)17(22)23/h13-14,18-19H,2-12H2,1H3,(H,22,23)/t13?,14-/m1/s1. The van der Waals surface area contributed by atoms with Crippen LogP contribution in [0.1, 0.15) is 64.7 Å².